The Bertz CT molecular complexity index is 1770. The molecule has 0 unspecified atom stereocenters. The molecule has 1 fully saturated rings. The predicted octanol–water partition coefficient (Wildman–Crippen LogP) is 0.522. The molecule has 46 heavy (non-hydrogen) atoms. The Balaban J connectivity index is 1.22. The third kappa shape index (κ3) is 5.77. The molecular formula is C31H31N5O10. The number of aromatic nitrogens is 3. The number of pyridine rings is 3. The number of rotatable bonds is 9. The van der Waals surface area contributed by atoms with Crippen LogP contribution in [0.4, 0.5) is 17.3 Å². The molecule has 0 saturated carbocycles. The van der Waals surface area contributed by atoms with Gasteiger partial charge in [-0.1, -0.05) is 12.1 Å². The Hall–Kier alpha value is -4.93. The number of benzene rings is 1. The van der Waals surface area contributed by atoms with Gasteiger partial charge in [0.05, 0.1) is 29.9 Å². The lowest BCUT2D eigenvalue weighted by molar-refractivity contribution is -0.577. The second-order valence-electron chi connectivity index (χ2n) is 10.8. The van der Waals surface area contributed by atoms with Crippen LogP contribution in [0, 0.1) is 5.21 Å². The van der Waals surface area contributed by atoms with Crippen LogP contribution < -0.4 is 19.3 Å². The van der Waals surface area contributed by atoms with Gasteiger partial charge in [0.1, 0.15) is 29.9 Å². The molecule has 1 aromatic carbocycles. The first kappa shape index (κ1) is 31.1. The smallest absolute Gasteiger partial charge is 0.335 e. The van der Waals surface area contributed by atoms with Crippen molar-refractivity contribution in [3.05, 3.63) is 83.5 Å². The second kappa shape index (κ2) is 12.8. The van der Waals surface area contributed by atoms with Crippen LogP contribution in [0.1, 0.15) is 15.9 Å². The van der Waals surface area contributed by atoms with E-state index in [1.54, 1.807) is 66.8 Å². The van der Waals surface area contributed by atoms with Crippen LogP contribution >= 0.6 is 0 Å². The highest BCUT2D eigenvalue weighted by Gasteiger charge is 2.47. The van der Waals surface area contributed by atoms with Gasteiger partial charge < -0.3 is 49.6 Å². The Morgan fingerprint density at radius 2 is 1.85 bits per heavy atom. The average molecular weight is 634 g/mol. The lowest BCUT2D eigenvalue weighted by atomic mass is 9.99. The van der Waals surface area contributed by atoms with Crippen LogP contribution in [0.15, 0.2) is 67.1 Å². The molecule has 4 N–H and O–H groups in total. The minimum atomic E-state index is -1.84. The largest absolute Gasteiger partial charge is 0.618 e. The highest BCUT2D eigenvalue weighted by molar-refractivity contribution is 6.12. The van der Waals surface area contributed by atoms with Crippen LogP contribution in [0.2, 0.25) is 0 Å². The Morgan fingerprint density at radius 1 is 1.04 bits per heavy atom. The summed E-state index contributed by atoms with van der Waals surface area (Å²) in [6, 6.07) is 13.9. The van der Waals surface area contributed by atoms with E-state index >= 15 is 0 Å². The number of para-hydroxylation sites is 1. The minimum Gasteiger partial charge on any atom is -0.618 e. The highest BCUT2D eigenvalue weighted by atomic mass is 16.7. The molecule has 2 aliphatic rings. The third-order valence-corrected chi connectivity index (χ3v) is 7.92. The molecule has 0 bridgehead atoms. The molecular weight excluding hydrogens is 602 g/mol. The van der Waals surface area contributed by atoms with Crippen molar-refractivity contribution in [3.63, 3.8) is 0 Å². The van der Waals surface area contributed by atoms with Crippen molar-refractivity contribution in [2.45, 2.75) is 37.1 Å². The average Bonchev–Trinajstić information content (AvgIpc) is 3.14. The number of fused-ring (bicyclic) bond motifs is 3. The van der Waals surface area contributed by atoms with Crippen molar-refractivity contribution in [3.8, 4) is 5.75 Å². The van der Waals surface area contributed by atoms with Crippen molar-refractivity contribution < 1.29 is 49.0 Å². The van der Waals surface area contributed by atoms with Crippen LogP contribution in [0.3, 0.4) is 0 Å². The number of ether oxygens (including phenoxy) is 3. The van der Waals surface area contributed by atoms with Crippen LogP contribution in [-0.4, -0.2) is 99.8 Å². The van der Waals surface area contributed by atoms with E-state index in [4.69, 9.17) is 14.2 Å². The SMILES string of the molecule is CN1C(=O)c2cc(CCOc3cc[n+]([O-])c4ccccc34)cnc2N(CCO[C@@H]2O[C@H](C(=O)O)[C@@H](O)[C@H](O)[C@H]2O)c2ncccc21. The molecule has 0 spiro atoms. The Labute approximate surface area is 262 Å². The van der Waals surface area contributed by atoms with E-state index in [2.05, 4.69) is 9.97 Å². The Kier molecular flexibility index (Phi) is 8.66. The van der Waals surface area contributed by atoms with E-state index in [0.717, 1.165) is 10.3 Å². The first-order chi connectivity index (χ1) is 22.2. The van der Waals surface area contributed by atoms with E-state index in [1.165, 1.54) is 11.1 Å². The number of carbonyl (C=O) groups excluding carboxylic acids is 1. The summed E-state index contributed by atoms with van der Waals surface area (Å²) in [5, 5.41) is 52.6. The zero-order chi connectivity index (χ0) is 32.5. The first-order valence-corrected chi connectivity index (χ1v) is 14.4. The molecule has 0 aliphatic carbocycles. The van der Waals surface area contributed by atoms with E-state index < -0.39 is 36.7 Å². The van der Waals surface area contributed by atoms with Crippen molar-refractivity contribution in [1.29, 1.82) is 0 Å². The molecule has 5 heterocycles. The molecule has 3 aromatic heterocycles. The van der Waals surface area contributed by atoms with E-state index in [0.29, 0.717) is 40.4 Å². The fourth-order valence-corrected chi connectivity index (χ4v) is 5.50. The van der Waals surface area contributed by atoms with Crippen LogP contribution in [0.25, 0.3) is 10.9 Å². The van der Waals surface area contributed by atoms with Crippen molar-refractivity contribution in [1.82, 2.24) is 9.97 Å². The number of anilines is 3. The van der Waals surface area contributed by atoms with Crippen molar-refractivity contribution in [2.24, 2.45) is 0 Å². The number of aliphatic hydroxyl groups excluding tert-OH is 3. The molecule has 0 radical (unpaired) electrons. The third-order valence-electron chi connectivity index (χ3n) is 7.92. The fourth-order valence-electron chi connectivity index (χ4n) is 5.50. The second-order valence-corrected chi connectivity index (χ2v) is 10.8. The summed E-state index contributed by atoms with van der Waals surface area (Å²) in [6.07, 6.45) is -3.74. The topological polar surface area (TPSA) is 202 Å². The van der Waals surface area contributed by atoms with Gasteiger partial charge in [-0.05, 0) is 29.8 Å². The van der Waals surface area contributed by atoms with Gasteiger partial charge in [0.2, 0.25) is 5.52 Å². The molecule has 2 aliphatic heterocycles. The molecule has 6 rings (SSSR count). The van der Waals surface area contributed by atoms with Gasteiger partial charge in [0.25, 0.3) is 5.91 Å². The van der Waals surface area contributed by atoms with Crippen LogP contribution in [0.5, 0.6) is 5.75 Å². The maximum absolute atomic E-state index is 13.7. The summed E-state index contributed by atoms with van der Waals surface area (Å²) in [6.45, 7) is 0.117. The van der Waals surface area contributed by atoms with Gasteiger partial charge in [0.15, 0.2) is 24.4 Å². The molecule has 1 saturated heterocycles. The van der Waals surface area contributed by atoms with Gasteiger partial charge in [-0.3, -0.25) is 4.79 Å². The molecule has 4 aromatic rings. The summed E-state index contributed by atoms with van der Waals surface area (Å²) < 4.78 is 17.6. The molecule has 1 amide bonds. The minimum absolute atomic E-state index is 0.0390. The maximum atomic E-state index is 13.7. The summed E-state index contributed by atoms with van der Waals surface area (Å²) in [7, 11) is 1.62. The van der Waals surface area contributed by atoms with E-state index in [1.807, 2.05) is 6.07 Å². The zero-order valence-corrected chi connectivity index (χ0v) is 24.5. The number of carboxylic acids is 1. The zero-order valence-electron chi connectivity index (χ0n) is 24.5. The summed E-state index contributed by atoms with van der Waals surface area (Å²) in [5.74, 6) is -0.603. The number of hydrogen-bond acceptors (Lipinski definition) is 12. The quantitative estimate of drug-likeness (QED) is 0.147. The molecule has 5 atom stereocenters. The summed E-state index contributed by atoms with van der Waals surface area (Å²) in [4.78, 5) is 37.4. The van der Waals surface area contributed by atoms with Gasteiger partial charge in [-0.2, -0.15) is 4.73 Å². The van der Waals surface area contributed by atoms with E-state index in [-0.39, 0.29) is 31.2 Å². The van der Waals surface area contributed by atoms with Gasteiger partial charge in [-0.25, -0.2) is 14.8 Å². The number of aliphatic carboxylic acids is 1. The normalized spacial score (nSPS) is 22.7. The van der Waals surface area contributed by atoms with Crippen molar-refractivity contribution >= 4 is 40.1 Å². The number of carbonyl (C=O) groups is 2. The maximum Gasteiger partial charge on any atom is 0.335 e. The first-order valence-electron chi connectivity index (χ1n) is 14.4. The molecule has 15 nitrogen and oxygen atoms in total. The number of amides is 1. The van der Waals surface area contributed by atoms with Crippen LogP contribution in [-0.2, 0) is 20.7 Å². The van der Waals surface area contributed by atoms with Gasteiger partial charge in [-0.15, -0.1) is 0 Å². The van der Waals surface area contributed by atoms with Crippen molar-refractivity contribution in [2.75, 3.05) is 36.6 Å². The number of carboxylic acid groups (broad SMARTS) is 1. The number of aliphatic hydroxyl groups is 3. The highest BCUT2D eigenvalue weighted by Crippen LogP contribution is 2.37. The molecule has 240 valence electrons. The lowest BCUT2D eigenvalue weighted by Crippen LogP contribution is -2.60. The van der Waals surface area contributed by atoms with Gasteiger partial charge in [0, 0.05) is 44.5 Å². The number of hydrogen-bond donors (Lipinski definition) is 4. The van der Waals surface area contributed by atoms with E-state index in [9.17, 15) is 35.2 Å². The molecule has 15 heteroatoms. The Morgan fingerprint density at radius 3 is 2.65 bits per heavy atom. The standard InChI is InChI=1S/C31H31N5O10/c1-34-21-7-4-10-32-28(21)35(12-14-45-31-25(39)23(37)24(38)26(46-31)30(41)42)27-19(29(34)40)15-17(16-33-27)9-13-44-22-8-11-36(43)20-6-3-2-5-18(20)22/h2-8,10-11,15-16,23-26,31,37-39H,9,12-14H2,1H3,(H,41,42)/t23-,24-,25+,26-,31+/m0/s1. The monoisotopic (exact) mass is 633 g/mol. The number of nitrogens with zero attached hydrogens (tertiary/aromatic N) is 5. The summed E-state index contributed by atoms with van der Waals surface area (Å²) in [5.41, 5.74) is 1.99. The fraction of sp³-hybridized carbons (Fsp3) is 0.323. The summed E-state index contributed by atoms with van der Waals surface area (Å²) >= 11 is 0. The lowest BCUT2D eigenvalue weighted by Gasteiger charge is -2.38. The van der Waals surface area contributed by atoms with Gasteiger partial charge >= 0.3 is 5.97 Å². The predicted molar refractivity (Wildman–Crippen MR) is 161 cm³/mol.